The highest BCUT2D eigenvalue weighted by Gasteiger charge is 2.19. The van der Waals surface area contributed by atoms with E-state index in [4.69, 9.17) is 10.5 Å². The Morgan fingerprint density at radius 2 is 2.24 bits per heavy atom. The zero-order valence-corrected chi connectivity index (χ0v) is 10.7. The zero-order chi connectivity index (χ0) is 12.5. The number of benzene rings is 1. The molecule has 0 amide bonds. The lowest BCUT2D eigenvalue weighted by atomic mass is 10.1. The molecule has 0 spiro atoms. The van der Waals surface area contributed by atoms with E-state index in [9.17, 15) is 8.42 Å². The number of sulfone groups is 1. The summed E-state index contributed by atoms with van der Waals surface area (Å²) < 4.78 is 27.3. The second-order valence-corrected chi connectivity index (χ2v) is 6.74. The second kappa shape index (κ2) is 4.66. The minimum atomic E-state index is -2.96. The van der Waals surface area contributed by atoms with Gasteiger partial charge in [0, 0.05) is 12.3 Å². The van der Waals surface area contributed by atoms with Crippen LogP contribution < -0.4 is 10.5 Å². The van der Waals surface area contributed by atoms with Gasteiger partial charge in [0.15, 0.2) is 9.84 Å². The third-order valence-electron chi connectivity index (χ3n) is 2.96. The van der Waals surface area contributed by atoms with Gasteiger partial charge in [0.2, 0.25) is 0 Å². The molecule has 0 aliphatic heterocycles. The van der Waals surface area contributed by atoms with Gasteiger partial charge in [0.1, 0.15) is 12.4 Å². The van der Waals surface area contributed by atoms with Crippen molar-refractivity contribution in [2.45, 2.75) is 18.9 Å². The van der Waals surface area contributed by atoms with Gasteiger partial charge in [-0.25, -0.2) is 8.42 Å². The van der Waals surface area contributed by atoms with Gasteiger partial charge in [-0.3, -0.25) is 0 Å². The molecule has 1 aromatic rings. The molecule has 1 atom stereocenters. The molecule has 0 saturated carbocycles. The summed E-state index contributed by atoms with van der Waals surface area (Å²) in [5.41, 5.74) is 8.33. The van der Waals surface area contributed by atoms with Gasteiger partial charge in [0.05, 0.1) is 5.75 Å². The Hall–Kier alpha value is -1.07. The van der Waals surface area contributed by atoms with Crippen molar-refractivity contribution in [1.82, 2.24) is 0 Å². The summed E-state index contributed by atoms with van der Waals surface area (Å²) in [7, 11) is -2.96. The molecule has 0 heterocycles. The van der Waals surface area contributed by atoms with E-state index in [0.717, 1.165) is 18.6 Å². The van der Waals surface area contributed by atoms with Crippen LogP contribution in [0, 0.1) is 0 Å². The van der Waals surface area contributed by atoms with Crippen molar-refractivity contribution in [3.8, 4) is 5.75 Å². The number of nitrogens with two attached hydrogens (primary N) is 1. The molecule has 5 heteroatoms. The molecule has 1 aliphatic rings. The average molecular weight is 255 g/mol. The minimum Gasteiger partial charge on any atom is -0.493 e. The molecule has 4 nitrogen and oxygen atoms in total. The van der Waals surface area contributed by atoms with E-state index >= 15 is 0 Å². The van der Waals surface area contributed by atoms with Crippen molar-refractivity contribution in [3.63, 3.8) is 0 Å². The van der Waals surface area contributed by atoms with Gasteiger partial charge >= 0.3 is 0 Å². The molecule has 0 fully saturated rings. The van der Waals surface area contributed by atoms with Crippen molar-refractivity contribution in [2.75, 3.05) is 18.6 Å². The third kappa shape index (κ3) is 3.20. The van der Waals surface area contributed by atoms with E-state index in [0.29, 0.717) is 0 Å². The van der Waals surface area contributed by atoms with Crippen LogP contribution in [0.3, 0.4) is 0 Å². The average Bonchev–Trinajstić information content (AvgIpc) is 2.58. The predicted octanol–water partition coefficient (Wildman–Crippen LogP) is 1.06. The molecule has 0 bridgehead atoms. The summed E-state index contributed by atoms with van der Waals surface area (Å²) in [5.74, 6) is 0.769. The lowest BCUT2D eigenvalue weighted by Gasteiger charge is -2.08. The van der Waals surface area contributed by atoms with E-state index in [1.807, 2.05) is 18.2 Å². The van der Waals surface area contributed by atoms with Crippen LogP contribution in [-0.4, -0.2) is 27.0 Å². The SMILES string of the molecule is CS(=O)(=O)CCOc1ccc2c(c1)CC[C@@H]2N. The van der Waals surface area contributed by atoms with E-state index in [-0.39, 0.29) is 18.4 Å². The fourth-order valence-electron chi connectivity index (χ4n) is 2.03. The lowest BCUT2D eigenvalue weighted by molar-refractivity contribution is 0.341. The summed E-state index contributed by atoms with van der Waals surface area (Å²) >= 11 is 0. The number of aryl methyl sites for hydroxylation is 1. The second-order valence-electron chi connectivity index (χ2n) is 4.48. The highest BCUT2D eigenvalue weighted by Crippen LogP contribution is 2.31. The maximum absolute atomic E-state index is 11.0. The molecule has 2 rings (SSSR count). The van der Waals surface area contributed by atoms with Crippen LogP contribution >= 0.6 is 0 Å². The molecule has 1 aromatic carbocycles. The molecule has 94 valence electrons. The van der Waals surface area contributed by atoms with Crippen LogP contribution in [0.1, 0.15) is 23.6 Å². The fourth-order valence-corrected chi connectivity index (χ4v) is 2.41. The Morgan fingerprint density at radius 3 is 2.94 bits per heavy atom. The number of hydrogen-bond donors (Lipinski definition) is 1. The molecular weight excluding hydrogens is 238 g/mol. The summed E-state index contributed by atoms with van der Waals surface area (Å²) in [6.45, 7) is 0.198. The van der Waals surface area contributed by atoms with Gasteiger partial charge < -0.3 is 10.5 Å². The number of rotatable bonds is 4. The summed E-state index contributed by atoms with van der Waals surface area (Å²) in [5, 5.41) is 0. The van der Waals surface area contributed by atoms with Crippen LogP contribution in [0.25, 0.3) is 0 Å². The third-order valence-corrected chi connectivity index (χ3v) is 3.87. The van der Waals surface area contributed by atoms with E-state index < -0.39 is 9.84 Å². The summed E-state index contributed by atoms with van der Waals surface area (Å²) in [4.78, 5) is 0. The van der Waals surface area contributed by atoms with Crippen LogP contribution in [-0.2, 0) is 16.3 Å². The Bertz CT molecular complexity index is 510. The topological polar surface area (TPSA) is 69.4 Å². The van der Waals surface area contributed by atoms with Gasteiger partial charge in [-0.2, -0.15) is 0 Å². The molecule has 0 aromatic heterocycles. The zero-order valence-electron chi connectivity index (χ0n) is 9.85. The monoisotopic (exact) mass is 255 g/mol. The largest absolute Gasteiger partial charge is 0.493 e. The van der Waals surface area contributed by atoms with Crippen LogP contribution in [0.4, 0.5) is 0 Å². The van der Waals surface area contributed by atoms with Gasteiger partial charge in [-0.05, 0) is 36.1 Å². The molecule has 0 radical (unpaired) electrons. The van der Waals surface area contributed by atoms with E-state index in [1.54, 1.807) is 0 Å². The quantitative estimate of drug-likeness (QED) is 0.873. The number of fused-ring (bicyclic) bond motifs is 1. The highest BCUT2D eigenvalue weighted by molar-refractivity contribution is 7.90. The maximum atomic E-state index is 11.0. The van der Waals surface area contributed by atoms with Crippen molar-refractivity contribution >= 4 is 9.84 Å². The molecule has 1 aliphatic carbocycles. The first-order chi connectivity index (χ1) is 7.96. The Morgan fingerprint density at radius 1 is 1.47 bits per heavy atom. The first-order valence-electron chi connectivity index (χ1n) is 5.64. The van der Waals surface area contributed by atoms with Gasteiger partial charge in [-0.15, -0.1) is 0 Å². The maximum Gasteiger partial charge on any atom is 0.150 e. The van der Waals surface area contributed by atoms with E-state index in [2.05, 4.69) is 0 Å². The first kappa shape index (κ1) is 12.4. The number of ether oxygens (including phenoxy) is 1. The summed E-state index contributed by atoms with van der Waals surface area (Å²) in [6, 6.07) is 5.93. The minimum absolute atomic E-state index is 0.0452. The molecular formula is C12H17NO3S. The summed E-state index contributed by atoms with van der Waals surface area (Å²) in [6.07, 6.45) is 3.15. The van der Waals surface area contributed by atoms with Crippen LogP contribution in [0.2, 0.25) is 0 Å². The highest BCUT2D eigenvalue weighted by atomic mass is 32.2. The first-order valence-corrected chi connectivity index (χ1v) is 7.71. The van der Waals surface area contributed by atoms with Crippen LogP contribution in [0.15, 0.2) is 18.2 Å². The fraction of sp³-hybridized carbons (Fsp3) is 0.500. The predicted molar refractivity (Wildman–Crippen MR) is 66.9 cm³/mol. The lowest BCUT2D eigenvalue weighted by Crippen LogP contribution is -2.12. The molecule has 17 heavy (non-hydrogen) atoms. The van der Waals surface area contributed by atoms with Crippen molar-refractivity contribution in [3.05, 3.63) is 29.3 Å². The van der Waals surface area contributed by atoms with Crippen molar-refractivity contribution < 1.29 is 13.2 Å². The number of hydrogen-bond acceptors (Lipinski definition) is 4. The Labute approximate surface area is 102 Å². The van der Waals surface area contributed by atoms with Crippen LogP contribution in [0.5, 0.6) is 5.75 Å². The Balaban J connectivity index is 1.99. The molecule has 0 unspecified atom stereocenters. The van der Waals surface area contributed by atoms with Crippen molar-refractivity contribution in [2.24, 2.45) is 5.73 Å². The smallest absolute Gasteiger partial charge is 0.150 e. The van der Waals surface area contributed by atoms with Gasteiger partial charge in [0.25, 0.3) is 0 Å². The van der Waals surface area contributed by atoms with Crippen molar-refractivity contribution in [1.29, 1.82) is 0 Å². The molecule has 2 N–H and O–H groups in total. The van der Waals surface area contributed by atoms with E-state index in [1.165, 1.54) is 17.4 Å². The normalized spacial score (nSPS) is 19.1. The standard InChI is InChI=1S/C12H17NO3S/c1-17(14,15)7-6-16-10-3-4-11-9(8-10)2-5-12(11)13/h3-4,8,12H,2,5-7,13H2,1H3/t12-/m0/s1. The molecule has 0 saturated heterocycles. The Kier molecular flexibility index (Phi) is 3.40. The van der Waals surface area contributed by atoms with Gasteiger partial charge in [-0.1, -0.05) is 6.07 Å².